The Morgan fingerprint density at radius 2 is 1.94 bits per heavy atom. The van der Waals surface area contributed by atoms with Gasteiger partial charge in [0.05, 0.1) is 4.92 Å². The highest BCUT2D eigenvalue weighted by Crippen LogP contribution is 2.22. The summed E-state index contributed by atoms with van der Waals surface area (Å²) in [6.45, 7) is 8.46. The summed E-state index contributed by atoms with van der Waals surface area (Å²) < 4.78 is 6.49. The van der Waals surface area contributed by atoms with Crippen LogP contribution in [-0.2, 0) is 15.1 Å². The first-order valence-electron chi connectivity index (χ1n) is 5.47. The van der Waals surface area contributed by atoms with Crippen molar-refractivity contribution >= 4 is 11.7 Å². The van der Waals surface area contributed by atoms with Crippen molar-refractivity contribution in [2.24, 2.45) is 0 Å². The van der Waals surface area contributed by atoms with E-state index in [1.54, 1.807) is 34.6 Å². The molecule has 0 aliphatic carbocycles. The smallest absolute Gasteiger partial charge is 0.334 e. The maximum absolute atomic E-state index is 12.0. The lowest BCUT2D eigenvalue weighted by Crippen LogP contribution is -2.41. The lowest BCUT2D eigenvalue weighted by Gasteiger charge is -2.28. The first-order valence-corrected chi connectivity index (χ1v) is 5.47. The SMILES string of the molecule is CC(C)(C)OC(=O)C(C)(C)n1cc([N+](=O)[O-])cn1. The van der Waals surface area contributed by atoms with E-state index >= 15 is 0 Å². The van der Waals surface area contributed by atoms with E-state index < -0.39 is 22.0 Å². The molecule has 1 aromatic rings. The van der Waals surface area contributed by atoms with Crippen molar-refractivity contribution < 1.29 is 14.5 Å². The van der Waals surface area contributed by atoms with Crippen LogP contribution >= 0.6 is 0 Å². The van der Waals surface area contributed by atoms with Crippen molar-refractivity contribution in [3.05, 3.63) is 22.5 Å². The van der Waals surface area contributed by atoms with E-state index in [1.165, 1.54) is 10.9 Å². The number of esters is 1. The van der Waals surface area contributed by atoms with Crippen LogP contribution in [0.15, 0.2) is 12.4 Å². The number of carbonyl (C=O) groups excluding carboxylic acids is 1. The monoisotopic (exact) mass is 255 g/mol. The van der Waals surface area contributed by atoms with Gasteiger partial charge in [0.1, 0.15) is 18.0 Å². The van der Waals surface area contributed by atoms with E-state index in [4.69, 9.17) is 4.74 Å². The highest BCUT2D eigenvalue weighted by molar-refractivity contribution is 5.78. The van der Waals surface area contributed by atoms with Gasteiger partial charge in [-0.3, -0.25) is 10.1 Å². The summed E-state index contributed by atoms with van der Waals surface area (Å²) in [4.78, 5) is 22.0. The Balaban J connectivity index is 2.97. The van der Waals surface area contributed by atoms with E-state index in [1.807, 2.05) is 0 Å². The Labute approximate surface area is 105 Å². The number of nitro groups is 1. The van der Waals surface area contributed by atoms with Gasteiger partial charge < -0.3 is 4.74 Å². The molecule has 100 valence electrons. The average Bonchev–Trinajstić information content (AvgIpc) is 2.63. The number of carbonyl (C=O) groups is 1. The number of nitrogens with zero attached hydrogens (tertiary/aromatic N) is 3. The van der Waals surface area contributed by atoms with Gasteiger partial charge in [0, 0.05) is 0 Å². The molecule has 0 aliphatic rings. The number of rotatable bonds is 3. The zero-order valence-electron chi connectivity index (χ0n) is 11.1. The lowest BCUT2D eigenvalue weighted by atomic mass is 10.1. The predicted molar refractivity (Wildman–Crippen MR) is 64.0 cm³/mol. The van der Waals surface area contributed by atoms with Gasteiger partial charge in [0.2, 0.25) is 0 Å². The molecule has 1 rings (SSSR count). The van der Waals surface area contributed by atoms with E-state index in [-0.39, 0.29) is 5.69 Å². The van der Waals surface area contributed by atoms with Gasteiger partial charge >= 0.3 is 11.7 Å². The third kappa shape index (κ3) is 3.06. The van der Waals surface area contributed by atoms with Crippen LogP contribution in [0.3, 0.4) is 0 Å². The van der Waals surface area contributed by atoms with Crippen LogP contribution in [0.25, 0.3) is 0 Å². The molecule has 0 amide bonds. The molecule has 0 fully saturated rings. The van der Waals surface area contributed by atoms with Crippen LogP contribution < -0.4 is 0 Å². The molecule has 0 radical (unpaired) electrons. The fourth-order valence-electron chi connectivity index (χ4n) is 1.21. The lowest BCUT2D eigenvalue weighted by molar-refractivity contribution is -0.385. The maximum Gasteiger partial charge on any atom is 0.334 e. The molecule has 0 atom stereocenters. The molecule has 0 saturated carbocycles. The molecular weight excluding hydrogens is 238 g/mol. The normalized spacial score (nSPS) is 12.3. The third-order valence-electron chi connectivity index (χ3n) is 2.25. The van der Waals surface area contributed by atoms with Gasteiger partial charge in [-0.1, -0.05) is 0 Å². The van der Waals surface area contributed by atoms with Crippen LogP contribution in [0, 0.1) is 10.1 Å². The molecule has 0 aromatic carbocycles. The van der Waals surface area contributed by atoms with E-state index in [0.717, 1.165) is 6.20 Å². The molecule has 0 saturated heterocycles. The third-order valence-corrected chi connectivity index (χ3v) is 2.25. The summed E-state index contributed by atoms with van der Waals surface area (Å²) in [5.41, 5.74) is -1.87. The second kappa shape index (κ2) is 4.40. The summed E-state index contributed by atoms with van der Waals surface area (Å²) in [6.07, 6.45) is 2.32. The standard InChI is InChI=1S/C11H17N3O4/c1-10(2,3)18-9(15)11(4,5)13-7-8(6-12-13)14(16)17/h6-7H,1-5H3. The van der Waals surface area contributed by atoms with E-state index in [0.29, 0.717) is 0 Å². The second-order valence-corrected chi connectivity index (χ2v) is 5.46. The maximum atomic E-state index is 12.0. The van der Waals surface area contributed by atoms with Gasteiger partial charge in [-0.15, -0.1) is 0 Å². The average molecular weight is 255 g/mol. The number of aromatic nitrogens is 2. The van der Waals surface area contributed by atoms with E-state index in [9.17, 15) is 14.9 Å². The Morgan fingerprint density at radius 3 is 2.33 bits per heavy atom. The van der Waals surface area contributed by atoms with Crippen LogP contribution in [0.5, 0.6) is 0 Å². The molecule has 18 heavy (non-hydrogen) atoms. The van der Waals surface area contributed by atoms with Gasteiger partial charge in [0.15, 0.2) is 5.54 Å². The molecule has 0 aliphatic heterocycles. The molecule has 0 spiro atoms. The highest BCUT2D eigenvalue weighted by atomic mass is 16.6. The second-order valence-electron chi connectivity index (χ2n) is 5.46. The van der Waals surface area contributed by atoms with Crippen molar-refractivity contribution in [2.75, 3.05) is 0 Å². The molecule has 0 unspecified atom stereocenters. The van der Waals surface area contributed by atoms with Crippen LogP contribution in [0.4, 0.5) is 5.69 Å². The Hall–Kier alpha value is -1.92. The zero-order chi connectivity index (χ0) is 14.1. The van der Waals surface area contributed by atoms with Gasteiger partial charge in [-0.2, -0.15) is 5.10 Å². The summed E-state index contributed by atoms with van der Waals surface area (Å²) >= 11 is 0. The molecule has 0 bridgehead atoms. The minimum Gasteiger partial charge on any atom is -0.458 e. The molecule has 7 heteroatoms. The quantitative estimate of drug-likeness (QED) is 0.467. The molecule has 7 nitrogen and oxygen atoms in total. The topological polar surface area (TPSA) is 87.3 Å². The van der Waals surface area contributed by atoms with Gasteiger partial charge in [-0.05, 0) is 34.6 Å². The van der Waals surface area contributed by atoms with Crippen molar-refractivity contribution in [1.82, 2.24) is 9.78 Å². The van der Waals surface area contributed by atoms with Crippen LogP contribution in [-0.4, -0.2) is 26.3 Å². The summed E-state index contributed by atoms with van der Waals surface area (Å²) in [6, 6.07) is 0. The van der Waals surface area contributed by atoms with E-state index in [2.05, 4.69) is 5.10 Å². The minimum absolute atomic E-state index is 0.161. The largest absolute Gasteiger partial charge is 0.458 e. The summed E-state index contributed by atoms with van der Waals surface area (Å²) in [7, 11) is 0. The van der Waals surface area contributed by atoms with Crippen LogP contribution in [0.1, 0.15) is 34.6 Å². The fraction of sp³-hybridized carbons (Fsp3) is 0.636. The zero-order valence-corrected chi connectivity index (χ0v) is 11.1. The van der Waals surface area contributed by atoms with Crippen LogP contribution in [0.2, 0.25) is 0 Å². The minimum atomic E-state index is -1.10. The molecule has 0 N–H and O–H groups in total. The van der Waals surface area contributed by atoms with Crippen molar-refractivity contribution in [3.8, 4) is 0 Å². The Bertz CT molecular complexity index is 471. The summed E-state index contributed by atoms with van der Waals surface area (Å²) in [5.74, 6) is -0.493. The summed E-state index contributed by atoms with van der Waals surface area (Å²) in [5, 5.41) is 14.4. The Morgan fingerprint density at radius 1 is 1.39 bits per heavy atom. The molecule has 1 aromatic heterocycles. The van der Waals surface area contributed by atoms with Gasteiger partial charge in [0.25, 0.3) is 0 Å². The number of ether oxygens (including phenoxy) is 1. The van der Waals surface area contributed by atoms with Crippen molar-refractivity contribution in [2.45, 2.75) is 45.8 Å². The number of hydrogen-bond acceptors (Lipinski definition) is 5. The fourth-order valence-corrected chi connectivity index (χ4v) is 1.21. The van der Waals surface area contributed by atoms with Gasteiger partial charge in [-0.25, -0.2) is 9.48 Å². The van der Waals surface area contributed by atoms with Crippen molar-refractivity contribution in [3.63, 3.8) is 0 Å². The van der Waals surface area contributed by atoms with Crippen molar-refractivity contribution in [1.29, 1.82) is 0 Å². The highest BCUT2D eigenvalue weighted by Gasteiger charge is 2.36. The first-order chi connectivity index (χ1) is 8.04. The first kappa shape index (κ1) is 14.1. The number of hydrogen-bond donors (Lipinski definition) is 0. The Kier molecular flexibility index (Phi) is 3.45. The predicted octanol–water partition coefficient (Wildman–Crippen LogP) is 1.87. The molecular formula is C11H17N3O4. The molecule has 1 heterocycles.